The van der Waals surface area contributed by atoms with Crippen LogP contribution in [0.4, 0.5) is 13.2 Å². The highest BCUT2D eigenvalue weighted by Crippen LogP contribution is 2.33. The highest BCUT2D eigenvalue weighted by molar-refractivity contribution is 7.20. The molecule has 0 aliphatic heterocycles. The number of thiophene rings is 1. The summed E-state index contributed by atoms with van der Waals surface area (Å²) in [5.74, 6) is -1.07. The summed E-state index contributed by atoms with van der Waals surface area (Å²) in [4.78, 5) is 11.7. The Morgan fingerprint density at radius 2 is 2.05 bits per heavy atom. The van der Waals surface area contributed by atoms with E-state index in [-0.39, 0.29) is 10.6 Å². The molecule has 0 spiro atoms. The molecule has 4 nitrogen and oxygen atoms in total. The topological polar surface area (TPSA) is 55.1 Å². The normalized spacial score (nSPS) is 12.0. The Labute approximate surface area is 126 Å². The molecule has 0 amide bonds. The van der Waals surface area contributed by atoms with Crippen molar-refractivity contribution in [3.05, 3.63) is 46.5 Å². The van der Waals surface area contributed by atoms with Gasteiger partial charge in [0.15, 0.2) is 0 Å². The predicted molar refractivity (Wildman–Crippen MR) is 75.6 cm³/mol. The van der Waals surface area contributed by atoms with Crippen LogP contribution >= 0.6 is 11.3 Å². The number of carboxylic acid groups (broad SMARTS) is 1. The number of nitrogens with zero attached hydrogens (tertiary/aromatic N) is 2. The number of aromatic carboxylic acids is 1. The second-order valence-electron chi connectivity index (χ2n) is 4.68. The van der Waals surface area contributed by atoms with Crippen LogP contribution in [0.5, 0.6) is 0 Å². The summed E-state index contributed by atoms with van der Waals surface area (Å²) in [5.41, 5.74) is 0.0317. The molecule has 8 heteroatoms. The Bertz CT molecular complexity index is 880. The molecule has 22 heavy (non-hydrogen) atoms. The number of fused-ring (bicyclic) bond motifs is 1. The van der Waals surface area contributed by atoms with E-state index in [9.17, 15) is 18.0 Å². The van der Waals surface area contributed by atoms with Gasteiger partial charge >= 0.3 is 12.1 Å². The summed E-state index contributed by atoms with van der Waals surface area (Å²) >= 11 is 0.981. The van der Waals surface area contributed by atoms with E-state index in [4.69, 9.17) is 5.11 Å². The third-order valence-electron chi connectivity index (χ3n) is 3.17. The van der Waals surface area contributed by atoms with Crippen molar-refractivity contribution in [1.29, 1.82) is 0 Å². The van der Waals surface area contributed by atoms with Gasteiger partial charge in [-0.3, -0.25) is 0 Å². The highest BCUT2D eigenvalue weighted by Gasteiger charge is 2.30. The van der Waals surface area contributed by atoms with Crippen molar-refractivity contribution in [3.63, 3.8) is 0 Å². The molecule has 0 saturated heterocycles. The lowest BCUT2D eigenvalue weighted by molar-refractivity contribution is -0.137. The van der Waals surface area contributed by atoms with Gasteiger partial charge in [0.05, 0.1) is 16.9 Å². The number of aromatic nitrogens is 2. The van der Waals surface area contributed by atoms with Crippen LogP contribution < -0.4 is 0 Å². The number of carbonyl (C=O) groups is 1. The number of carboxylic acids is 1. The summed E-state index contributed by atoms with van der Waals surface area (Å²) in [5, 5.41) is 13.9. The molecule has 1 N–H and O–H groups in total. The molecule has 114 valence electrons. The predicted octanol–water partition coefficient (Wildman–Crippen LogP) is 4.11. The van der Waals surface area contributed by atoms with Crippen molar-refractivity contribution in [3.8, 4) is 5.69 Å². The van der Waals surface area contributed by atoms with Crippen LogP contribution in [0.3, 0.4) is 0 Å². The Kier molecular flexibility index (Phi) is 3.21. The molecular weight excluding hydrogens is 317 g/mol. The number of halogens is 3. The Hall–Kier alpha value is -2.35. The third-order valence-corrected chi connectivity index (χ3v) is 4.27. The Balaban J connectivity index is 2.20. The molecule has 0 unspecified atom stereocenters. The SMILES string of the molecule is Cc1nn(-c2cccc(C(F)(F)F)c2)c2sc(C(=O)O)cc12. The summed E-state index contributed by atoms with van der Waals surface area (Å²) in [6, 6.07) is 6.25. The minimum Gasteiger partial charge on any atom is -0.477 e. The molecule has 2 heterocycles. The van der Waals surface area contributed by atoms with E-state index in [0.29, 0.717) is 15.9 Å². The van der Waals surface area contributed by atoms with Gasteiger partial charge in [-0.05, 0) is 31.2 Å². The fourth-order valence-corrected chi connectivity index (χ4v) is 3.16. The molecule has 2 aromatic heterocycles. The van der Waals surface area contributed by atoms with Crippen LogP contribution in [0.1, 0.15) is 20.9 Å². The summed E-state index contributed by atoms with van der Waals surface area (Å²) in [7, 11) is 0. The summed E-state index contributed by atoms with van der Waals surface area (Å²) < 4.78 is 39.8. The molecule has 0 aliphatic rings. The molecule has 3 rings (SSSR count). The number of aryl methyl sites for hydroxylation is 1. The van der Waals surface area contributed by atoms with Gasteiger partial charge in [0, 0.05) is 5.39 Å². The molecule has 0 bridgehead atoms. The van der Waals surface area contributed by atoms with E-state index in [1.54, 1.807) is 6.92 Å². The number of rotatable bonds is 2. The molecule has 0 saturated carbocycles. The largest absolute Gasteiger partial charge is 0.477 e. The summed E-state index contributed by atoms with van der Waals surface area (Å²) in [6.07, 6.45) is -4.45. The minimum atomic E-state index is -4.45. The lowest BCUT2D eigenvalue weighted by atomic mass is 10.2. The standard InChI is InChI=1S/C14H9F3N2O2S/c1-7-10-6-11(13(20)21)22-12(10)19(18-7)9-4-2-3-8(5-9)14(15,16)17/h2-6H,1H3,(H,20,21). The molecule has 1 aromatic carbocycles. The maximum Gasteiger partial charge on any atom is 0.416 e. The smallest absolute Gasteiger partial charge is 0.416 e. The van der Waals surface area contributed by atoms with Gasteiger partial charge in [-0.15, -0.1) is 11.3 Å². The van der Waals surface area contributed by atoms with Gasteiger partial charge in [0.2, 0.25) is 0 Å². The van der Waals surface area contributed by atoms with E-state index < -0.39 is 17.7 Å². The lowest BCUT2D eigenvalue weighted by Gasteiger charge is -2.08. The van der Waals surface area contributed by atoms with Crippen molar-refractivity contribution < 1.29 is 23.1 Å². The van der Waals surface area contributed by atoms with Crippen LogP contribution in [0, 0.1) is 6.92 Å². The van der Waals surface area contributed by atoms with Gasteiger partial charge in [0.1, 0.15) is 9.71 Å². The van der Waals surface area contributed by atoms with Crippen molar-refractivity contribution in [1.82, 2.24) is 9.78 Å². The van der Waals surface area contributed by atoms with Gasteiger partial charge in [-0.25, -0.2) is 9.48 Å². The summed E-state index contributed by atoms with van der Waals surface area (Å²) in [6.45, 7) is 1.69. The van der Waals surface area contributed by atoms with Crippen LogP contribution in [-0.2, 0) is 6.18 Å². The number of hydrogen-bond donors (Lipinski definition) is 1. The van der Waals surface area contributed by atoms with Crippen LogP contribution in [0.2, 0.25) is 0 Å². The van der Waals surface area contributed by atoms with Gasteiger partial charge in [0.25, 0.3) is 0 Å². The van der Waals surface area contributed by atoms with Crippen LogP contribution in [0.15, 0.2) is 30.3 Å². The third kappa shape index (κ3) is 2.35. The van der Waals surface area contributed by atoms with Crippen molar-refractivity contribution in [2.75, 3.05) is 0 Å². The zero-order valence-electron chi connectivity index (χ0n) is 11.2. The second-order valence-corrected chi connectivity index (χ2v) is 5.71. The first kappa shape index (κ1) is 14.6. The van der Waals surface area contributed by atoms with Crippen molar-refractivity contribution >= 4 is 27.5 Å². The number of alkyl halides is 3. The first-order valence-electron chi connectivity index (χ1n) is 6.17. The molecular formula is C14H9F3N2O2S. The maximum atomic E-state index is 12.8. The van der Waals surface area contributed by atoms with E-state index in [2.05, 4.69) is 5.10 Å². The lowest BCUT2D eigenvalue weighted by Crippen LogP contribution is -2.06. The minimum absolute atomic E-state index is 0.122. The fourth-order valence-electron chi connectivity index (χ4n) is 2.14. The Morgan fingerprint density at radius 1 is 1.32 bits per heavy atom. The molecule has 3 aromatic rings. The van der Waals surface area contributed by atoms with E-state index in [0.717, 1.165) is 23.5 Å². The zero-order chi connectivity index (χ0) is 16.1. The van der Waals surface area contributed by atoms with Gasteiger partial charge in [-0.2, -0.15) is 18.3 Å². The average molecular weight is 326 g/mol. The maximum absolute atomic E-state index is 12.8. The highest BCUT2D eigenvalue weighted by atomic mass is 32.1. The fraction of sp³-hybridized carbons (Fsp3) is 0.143. The van der Waals surface area contributed by atoms with Gasteiger partial charge < -0.3 is 5.11 Å². The Morgan fingerprint density at radius 3 is 2.68 bits per heavy atom. The quantitative estimate of drug-likeness (QED) is 0.771. The van der Waals surface area contributed by atoms with Crippen molar-refractivity contribution in [2.45, 2.75) is 13.1 Å². The van der Waals surface area contributed by atoms with E-state index in [1.807, 2.05) is 0 Å². The number of benzene rings is 1. The first-order valence-corrected chi connectivity index (χ1v) is 6.99. The van der Waals surface area contributed by atoms with Crippen molar-refractivity contribution in [2.24, 2.45) is 0 Å². The van der Waals surface area contributed by atoms with Crippen LogP contribution in [-0.4, -0.2) is 20.9 Å². The zero-order valence-corrected chi connectivity index (χ0v) is 12.0. The van der Waals surface area contributed by atoms with E-state index in [1.165, 1.54) is 22.9 Å². The molecule has 0 fully saturated rings. The average Bonchev–Trinajstić information content (AvgIpc) is 2.99. The molecule has 0 aliphatic carbocycles. The van der Waals surface area contributed by atoms with E-state index >= 15 is 0 Å². The number of hydrogen-bond acceptors (Lipinski definition) is 3. The molecule has 0 radical (unpaired) electrons. The first-order chi connectivity index (χ1) is 10.3. The van der Waals surface area contributed by atoms with Gasteiger partial charge in [-0.1, -0.05) is 6.07 Å². The van der Waals surface area contributed by atoms with Crippen LogP contribution in [0.25, 0.3) is 15.9 Å². The second kappa shape index (κ2) is 4.84. The molecule has 0 atom stereocenters. The monoisotopic (exact) mass is 326 g/mol.